The zero-order valence-corrected chi connectivity index (χ0v) is 3.79. The van der Waals surface area contributed by atoms with Gasteiger partial charge in [-0.25, -0.2) is 15.1 Å². The normalized spacial score (nSPS) is 19.1. The third-order valence-electron chi connectivity index (χ3n) is 0.707. The summed E-state index contributed by atoms with van der Waals surface area (Å²) in [5.41, 5.74) is 0. The van der Waals surface area contributed by atoms with E-state index >= 15 is 0 Å². The fourth-order valence-electron chi connectivity index (χ4n) is 0.401. The Bertz CT molecular complexity index is 108. The molecule has 1 heterocycles. The molecule has 2 amide bonds. The quantitative estimate of drug-likeness (QED) is 0.425. The van der Waals surface area contributed by atoms with Crippen molar-refractivity contribution < 1.29 is 4.79 Å². The van der Waals surface area contributed by atoms with Crippen LogP contribution >= 0.6 is 0 Å². The predicted molar refractivity (Wildman–Crippen MR) is 25.5 cm³/mol. The molecule has 0 unspecified atom stereocenters. The fraction of sp³-hybridized carbons (Fsp3) is 0.500. The first-order valence-corrected chi connectivity index (χ1v) is 2.13. The van der Waals surface area contributed by atoms with Crippen molar-refractivity contribution in [3.05, 3.63) is 0 Å². The van der Waals surface area contributed by atoms with Gasteiger partial charge in [0.15, 0.2) is 0 Å². The van der Waals surface area contributed by atoms with Crippen molar-refractivity contribution in [3.63, 3.8) is 0 Å². The first-order chi connectivity index (χ1) is 3.39. The van der Waals surface area contributed by atoms with Crippen molar-refractivity contribution in [2.45, 2.75) is 6.42 Å². The standard InChI is InChI=1S/C4H5N2O/c7-4-5-2-1-3-6-4/h2H,1,3H2. The molecule has 1 radical (unpaired) electrons. The SMILES string of the molecule is O=C1[N]CCC=N1. The number of rotatable bonds is 0. The largest absolute Gasteiger partial charge is 0.362 e. The van der Waals surface area contributed by atoms with Crippen LogP contribution in [0.2, 0.25) is 0 Å². The molecule has 37 valence electrons. The lowest BCUT2D eigenvalue weighted by Crippen LogP contribution is -2.17. The second-order valence-corrected chi connectivity index (χ2v) is 1.26. The Kier molecular flexibility index (Phi) is 1.06. The Labute approximate surface area is 41.4 Å². The first kappa shape index (κ1) is 4.30. The van der Waals surface area contributed by atoms with Gasteiger partial charge >= 0.3 is 6.03 Å². The molecule has 0 saturated heterocycles. The molecule has 1 aliphatic heterocycles. The van der Waals surface area contributed by atoms with Crippen LogP contribution < -0.4 is 5.32 Å². The molecular weight excluding hydrogens is 92.1 g/mol. The summed E-state index contributed by atoms with van der Waals surface area (Å²) >= 11 is 0. The van der Waals surface area contributed by atoms with Gasteiger partial charge in [-0.15, -0.1) is 0 Å². The first-order valence-electron chi connectivity index (χ1n) is 2.13. The summed E-state index contributed by atoms with van der Waals surface area (Å²) in [5, 5.41) is 3.49. The van der Waals surface area contributed by atoms with Crippen LogP contribution in [-0.2, 0) is 0 Å². The number of hydrogen-bond donors (Lipinski definition) is 0. The number of aliphatic imine (C=N–C) groups is 1. The van der Waals surface area contributed by atoms with Crippen LogP contribution in [-0.4, -0.2) is 18.8 Å². The highest BCUT2D eigenvalue weighted by Gasteiger charge is 2.00. The van der Waals surface area contributed by atoms with E-state index in [9.17, 15) is 4.79 Å². The van der Waals surface area contributed by atoms with Gasteiger partial charge in [-0.3, -0.25) is 0 Å². The summed E-state index contributed by atoms with van der Waals surface area (Å²) < 4.78 is 0. The van der Waals surface area contributed by atoms with E-state index in [-0.39, 0.29) is 6.03 Å². The Morgan fingerprint density at radius 2 is 2.57 bits per heavy atom. The van der Waals surface area contributed by atoms with Gasteiger partial charge in [-0.1, -0.05) is 0 Å². The van der Waals surface area contributed by atoms with E-state index < -0.39 is 0 Å². The molecule has 0 atom stereocenters. The number of hydrogen-bond acceptors (Lipinski definition) is 1. The van der Waals surface area contributed by atoms with E-state index in [4.69, 9.17) is 0 Å². The smallest absolute Gasteiger partial charge is 0.244 e. The Hall–Kier alpha value is -0.860. The lowest BCUT2D eigenvalue weighted by molar-refractivity contribution is 0.248. The van der Waals surface area contributed by atoms with Crippen LogP contribution in [0.4, 0.5) is 4.79 Å². The zero-order chi connectivity index (χ0) is 5.11. The lowest BCUT2D eigenvalue weighted by Gasteiger charge is -1.97. The third kappa shape index (κ3) is 0.994. The summed E-state index contributed by atoms with van der Waals surface area (Å²) in [4.78, 5) is 13.5. The van der Waals surface area contributed by atoms with Crippen LogP contribution in [0.1, 0.15) is 6.42 Å². The van der Waals surface area contributed by atoms with E-state index in [2.05, 4.69) is 10.3 Å². The van der Waals surface area contributed by atoms with Gasteiger partial charge in [0.25, 0.3) is 0 Å². The maximum absolute atomic E-state index is 10.1. The van der Waals surface area contributed by atoms with E-state index in [0.717, 1.165) is 6.42 Å². The van der Waals surface area contributed by atoms with Gasteiger partial charge in [0, 0.05) is 19.2 Å². The van der Waals surface area contributed by atoms with Crippen molar-refractivity contribution in [1.82, 2.24) is 5.32 Å². The fourth-order valence-corrected chi connectivity index (χ4v) is 0.401. The molecule has 1 aliphatic rings. The number of amides is 2. The van der Waals surface area contributed by atoms with Crippen LogP contribution in [0.3, 0.4) is 0 Å². The number of carbonyl (C=O) groups is 1. The molecule has 3 heteroatoms. The summed E-state index contributed by atoms with van der Waals surface area (Å²) in [6, 6.07) is -0.341. The molecule has 3 nitrogen and oxygen atoms in total. The van der Waals surface area contributed by atoms with Gasteiger partial charge in [0.2, 0.25) is 0 Å². The lowest BCUT2D eigenvalue weighted by atomic mass is 10.4. The van der Waals surface area contributed by atoms with Gasteiger partial charge in [-0.2, -0.15) is 0 Å². The van der Waals surface area contributed by atoms with Crippen LogP contribution in [0.5, 0.6) is 0 Å². The van der Waals surface area contributed by atoms with Crippen molar-refractivity contribution in [2.24, 2.45) is 4.99 Å². The van der Waals surface area contributed by atoms with E-state index in [0.29, 0.717) is 6.54 Å². The van der Waals surface area contributed by atoms with Crippen LogP contribution in [0.25, 0.3) is 0 Å². The van der Waals surface area contributed by atoms with Crippen molar-refractivity contribution >= 4 is 12.2 Å². The Morgan fingerprint density at radius 1 is 1.71 bits per heavy atom. The molecule has 0 aromatic heterocycles. The highest BCUT2D eigenvalue weighted by molar-refractivity contribution is 5.85. The Balaban J connectivity index is 2.51. The van der Waals surface area contributed by atoms with Crippen molar-refractivity contribution in [2.75, 3.05) is 6.54 Å². The number of nitrogens with zero attached hydrogens (tertiary/aromatic N) is 2. The minimum absolute atomic E-state index is 0.341. The molecule has 7 heavy (non-hydrogen) atoms. The highest BCUT2D eigenvalue weighted by Crippen LogP contribution is 1.84. The summed E-state index contributed by atoms with van der Waals surface area (Å²) in [6.45, 7) is 0.613. The summed E-state index contributed by atoms with van der Waals surface area (Å²) in [7, 11) is 0. The maximum Gasteiger partial charge on any atom is 0.362 e. The molecule has 0 aromatic rings. The molecule has 0 saturated carbocycles. The van der Waals surface area contributed by atoms with Crippen molar-refractivity contribution in [1.29, 1.82) is 0 Å². The minimum Gasteiger partial charge on any atom is -0.244 e. The zero-order valence-electron chi connectivity index (χ0n) is 3.79. The van der Waals surface area contributed by atoms with E-state index in [1.54, 1.807) is 6.21 Å². The second kappa shape index (κ2) is 1.73. The Morgan fingerprint density at radius 3 is 2.86 bits per heavy atom. The molecule has 1 rings (SSSR count). The molecule has 0 N–H and O–H groups in total. The highest BCUT2D eigenvalue weighted by atomic mass is 16.2. The summed E-state index contributed by atoms with van der Waals surface area (Å²) in [6.07, 6.45) is 2.40. The average molecular weight is 97.1 g/mol. The molecule has 0 spiro atoms. The van der Waals surface area contributed by atoms with Gasteiger partial charge in [0.1, 0.15) is 0 Å². The summed E-state index contributed by atoms with van der Waals surface area (Å²) in [5.74, 6) is 0. The number of urea groups is 1. The topological polar surface area (TPSA) is 43.5 Å². The number of carbonyl (C=O) groups excluding carboxylic acids is 1. The molecule has 0 aliphatic carbocycles. The minimum atomic E-state index is -0.341. The predicted octanol–water partition coefficient (Wildman–Crippen LogP) is 0.185. The van der Waals surface area contributed by atoms with Gasteiger partial charge in [0.05, 0.1) is 0 Å². The molecule has 0 fully saturated rings. The third-order valence-corrected chi connectivity index (χ3v) is 0.707. The van der Waals surface area contributed by atoms with Crippen molar-refractivity contribution in [3.8, 4) is 0 Å². The molecule has 0 aromatic carbocycles. The van der Waals surface area contributed by atoms with E-state index in [1.165, 1.54) is 0 Å². The monoisotopic (exact) mass is 97.0 g/mol. The average Bonchev–Trinajstić information content (AvgIpc) is 1.69. The molecular formula is C4H5N2O. The van der Waals surface area contributed by atoms with Crippen LogP contribution in [0, 0.1) is 0 Å². The second-order valence-electron chi connectivity index (χ2n) is 1.26. The van der Waals surface area contributed by atoms with Gasteiger partial charge in [-0.05, 0) is 0 Å². The molecule has 0 bridgehead atoms. The van der Waals surface area contributed by atoms with Gasteiger partial charge < -0.3 is 0 Å². The van der Waals surface area contributed by atoms with E-state index in [1.807, 2.05) is 0 Å². The van der Waals surface area contributed by atoms with Crippen LogP contribution in [0.15, 0.2) is 4.99 Å². The maximum atomic E-state index is 10.1.